The molecule has 0 radical (unpaired) electrons. The number of nitro benzene ring substituents is 1. The largest absolute Gasteiger partial charge is 0.432 e. The van der Waals surface area contributed by atoms with Gasteiger partial charge >= 0.3 is 5.69 Å². The molecular formula is C12H11N3O3. The van der Waals surface area contributed by atoms with Gasteiger partial charge in [-0.05, 0) is 19.9 Å². The van der Waals surface area contributed by atoms with Crippen LogP contribution in [0.5, 0.6) is 11.6 Å². The number of nitrogens with zero attached hydrogens (tertiary/aromatic N) is 3. The molecule has 2 aromatic rings. The molecule has 0 N–H and O–H groups in total. The number of ether oxygens (including phenoxy) is 1. The van der Waals surface area contributed by atoms with Crippen LogP contribution in [0.15, 0.2) is 30.5 Å². The summed E-state index contributed by atoms with van der Waals surface area (Å²) in [5.74, 6) is 1.01. The molecule has 0 atom stereocenters. The van der Waals surface area contributed by atoms with E-state index in [2.05, 4.69) is 9.97 Å². The fraction of sp³-hybridized carbons (Fsp3) is 0.167. The van der Waals surface area contributed by atoms with Gasteiger partial charge in [-0.2, -0.15) is 4.98 Å². The molecule has 0 amide bonds. The van der Waals surface area contributed by atoms with E-state index in [1.54, 1.807) is 44.3 Å². The summed E-state index contributed by atoms with van der Waals surface area (Å²) >= 11 is 0. The monoisotopic (exact) mass is 245 g/mol. The van der Waals surface area contributed by atoms with Gasteiger partial charge in [0.1, 0.15) is 5.82 Å². The molecule has 0 aliphatic heterocycles. The molecule has 0 unspecified atom stereocenters. The lowest BCUT2D eigenvalue weighted by molar-refractivity contribution is -0.386. The van der Waals surface area contributed by atoms with Gasteiger partial charge in [0.2, 0.25) is 11.6 Å². The summed E-state index contributed by atoms with van der Waals surface area (Å²) in [6.45, 7) is 3.38. The SMILES string of the molecule is Cc1nccc(Oc2cccc(C)c2[N+](=O)[O-])n1. The number of benzene rings is 1. The lowest BCUT2D eigenvalue weighted by Gasteiger charge is -2.06. The second kappa shape index (κ2) is 4.79. The summed E-state index contributed by atoms with van der Waals surface area (Å²) in [6, 6.07) is 6.46. The average molecular weight is 245 g/mol. The van der Waals surface area contributed by atoms with Gasteiger partial charge in [-0.15, -0.1) is 0 Å². The lowest BCUT2D eigenvalue weighted by atomic mass is 10.2. The second-order valence-corrected chi connectivity index (χ2v) is 3.72. The van der Waals surface area contributed by atoms with Crippen LogP contribution in [-0.4, -0.2) is 14.9 Å². The van der Waals surface area contributed by atoms with Crippen molar-refractivity contribution in [1.29, 1.82) is 0 Å². The number of hydrogen-bond acceptors (Lipinski definition) is 5. The number of rotatable bonds is 3. The van der Waals surface area contributed by atoms with Crippen LogP contribution in [0.4, 0.5) is 5.69 Å². The number of nitro groups is 1. The molecule has 2 rings (SSSR count). The Morgan fingerprint density at radius 2 is 2.06 bits per heavy atom. The van der Waals surface area contributed by atoms with Crippen LogP contribution in [0, 0.1) is 24.0 Å². The van der Waals surface area contributed by atoms with Crippen molar-refractivity contribution >= 4 is 5.69 Å². The van der Waals surface area contributed by atoms with Gasteiger partial charge in [0.25, 0.3) is 0 Å². The molecule has 6 heteroatoms. The summed E-state index contributed by atoms with van der Waals surface area (Å²) < 4.78 is 5.44. The molecule has 1 aromatic carbocycles. The van der Waals surface area contributed by atoms with Crippen molar-refractivity contribution in [2.45, 2.75) is 13.8 Å². The molecule has 1 aromatic heterocycles. The van der Waals surface area contributed by atoms with E-state index in [9.17, 15) is 10.1 Å². The Balaban J connectivity index is 2.40. The van der Waals surface area contributed by atoms with Crippen LogP contribution in [0.1, 0.15) is 11.4 Å². The number of aromatic nitrogens is 2. The predicted molar refractivity (Wildman–Crippen MR) is 64.7 cm³/mol. The fourth-order valence-corrected chi connectivity index (χ4v) is 1.55. The zero-order chi connectivity index (χ0) is 13.1. The Morgan fingerprint density at radius 1 is 1.28 bits per heavy atom. The molecule has 0 aliphatic rings. The molecule has 0 bridgehead atoms. The zero-order valence-corrected chi connectivity index (χ0v) is 9.95. The van der Waals surface area contributed by atoms with Crippen LogP contribution in [0.2, 0.25) is 0 Å². The van der Waals surface area contributed by atoms with Crippen LogP contribution in [0.3, 0.4) is 0 Å². The number of hydrogen-bond donors (Lipinski definition) is 0. The molecule has 1 heterocycles. The molecule has 0 saturated carbocycles. The van der Waals surface area contributed by atoms with Crippen LogP contribution < -0.4 is 4.74 Å². The molecule has 18 heavy (non-hydrogen) atoms. The quantitative estimate of drug-likeness (QED) is 0.613. The summed E-state index contributed by atoms with van der Waals surface area (Å²) in [5, 5.41) is 11.0. The van der Waals surface area contributed by atoms with E-state index < -0.39 is 4.92 Å². The Kier molecular flexibility index (Phi) is 3.18. The highest BCUT2D eigenvalue weighted by Crippen LogP contribution is 2.32. The van der Waals surface area contributed by atoms with Crippen molar-refractivity contribution < 1.29 is 9.66 Å². The maximum atomic E-state index is 11.0. The predicted octanol–water partition coefficient (Wildman–Crippen LogP) is 2.79. The van der Waals surface area contributed by atoms with E-state index >= 15 is 0 Å². The Labute approximate surface area is 103 Å². The van der Waals surface area contributed by atoms with Gasteiger partial charge in [-0.25, -0.2) is 4.98 Å². The molecule has 6 nitrogen and oxygen atoms in total. The summed E-state index contributed by atoms with van der Waals surface area (Å²) in [7, 11) is 0. The van der Waals surface area contributed by atoms with Gasteiger partial charge in [0.15, 0.2) is 0 Å². The highest BCUT2D eigenvalue weighted by atomic mass is 16.6. The van der Waals surface area contributed by atoms with Crippen molar-refractivity contribution in [2.24, 2.45) is 0 Å². The van der Waals surface area contributed by atoms with Crippen LogP contribution >= 0.6 is 0 Å². The van der Waals surface area contributed by atoms with Gasteiger partial charge < -0.3 is 4.74 Å². The Hall–Kier alpha value is -2.50. The molecule has 0 fully saturated rings. The van der Waals surface area contributed by atoms with Crippen LogP contribution in [0.25, 0.3) is 0 Å². The number of aryl methyl sites for hydroxylation is 2. The Morgan fingerprint density at radius 3 is 2.72 bits per heavy atom. The maximum absolute atomic E-state index is 11.0. The third-order valence-corrected chi connectivity index (χ3v) is 2.35. The van der Waals surface area contributed by atoms with E-state index in [1.165, 1.54) is 0 Å². The molecular weight excluding hydrogens is 234 g/mol. The molecule has 0 spiro atoms. The van der Waals surface area contributed by atoms with Crippen molar-refractivity contribution in [3.63, 3.8) is 0 Å². The van der Waals surface area contributed by atoms with E-state index in [0.717, 1.165) is 0 Å². The smallest absolute Gasteiger partial charge is 0.314 e. The minimum absolute atomic E-state index is 0.0474. The molecule has 92 valence electrons. The maximum Gasteiger partial charge on any atom is 0.314 e. The lowest BCUT2D eigenvalue weighted by Crippen LogP contribution is -1.97. The highest BCUT2D eigenvalue weighted by Gasteiger charge is 2.19. The first kappa shape index (κ1) is 12.0. The molecule has 0 aliphatic carbocycles. The van der Waals surface area contributed by atoms with Crippen molar-refractivity contribution in [3.05, 3.63) is 52.0 Å². The highest BCUT2D eigenvalue weighted by molar-refractivity contribution is 5.53. The standard InChI is InChI=1S/C12H11N3O3/c1-8-4-3-5-10(12(8)15(16)17)18-11-6-7-13-9(2)14-11/h3-7H,1-2H3. The summed E-state index contributed by atoms with van der Waals surface area (Å²) in [6.07, 6.45) is 1.54. The second-order valence-electron chi connectivity index (χ2n) is 3.72. The van der Waals surface area contributed by atoms with E-state index in [0.29, 0.717) is 11.4 Å². The van der Waals surface area contributed by atoms with Gasteiger partial charge in [0.05, 0.1) is 4.92 Å². The van der Waals surface area contributed by atoms with E-state index in [1.807, 2.05) is 0 Å². The van der Waals surface area contributed by atoms with Gasteiger partial charge in [-0.3, -0.25) is 10.1 Å². The van der Waals surface area contributed by atoms with Crippen LogP contribution in [-0.2, 0) is 0 Å². The van der Waals surface area contributed by atoms with Crippen molar-refractivity contribution in [3.8, 4) is 11.6 Å². The third-order valence-electron chi connectivity index (χ3n) is 2.35. The minimum Gasteiger partial charge on any atom is -0.432 e. The minimum atomic E-state index is -0.460. The van der Waals surface area contributed by atoms with Crippen molar-refractivity contribution in [1.82, 2.24) is 9.97 Å². The average Bonchev–Trinajstić information content (AvgIpc) is 2.28. The van der Waals surface area contributed by atoms with E-state index in [-0.39, 0.29) is 17.3 Å². The first-order chi connectivity index (χ1) is 8.58. The molecule has 0 saturated heterocycles. The van der Waals surface area contributed by atoms with E-state index in [4.69, 9.17) is 4.74 Å². The van der Waals surface area contributed by atoms with Crippen molar-refractivity contribution in [2.75, 3.05) is 0 Å². The zero-order valence-electron chi connectivity index (χ0n) is 9.95. The summed E-state index contributed by atoms with van der Waals surface area (Å²) in [5.41, 5.74) is 0.497. The normalized spacial score (nSPS) is 10.1. The first-order valence-corrected chi connectivity index (χ1v) is 5.29. The summed E-state index contributed by atoms with van der Waals surface area (Å²) in [4.78, 5) is 18.5. The first-order valence-electron chi connectivity index (χ1n) is 5.29. The third kappa shape index (κ3) is 2.42. The van der Waals surface area contributed by atoms with Gasteiger partial charge in [0, 0.05) is 17.8 Å². The topological polar surface area (TPSA) is 78.2 Å². The van der Waals surface area contributed by atoms with Gasteiger partial charge in [-0.1, -0.05) is 12.1 Å². The number of para-hydroxylation sites is 1. The Bertz CT molecular complexity index is 599. The fourth-order valence-electron chi connectivity index (χ4n) is 1.55.